The molecule has 0 fully saturated rings. The molecular formula is C15H13F3O3S. The van der Waals surface area contributed by atoms with Crippen LogP contribution < -0.4 is 0 Å². The molecule has 0 spiro atoms. The minimum Gasteiger partial charge on any atom is -0.266 e. The third kappa shape index (κ3) is 4.08. The maximum atomic E-state index is 12.8. The van der Waals surface area contributed by atoms with E-state index in [2.05, 4.69) is 0 Å². The Balaban J connectivity index is 2.14. The normalized spacial score (nSPS) is 12.3. The molecule has 2 rings (SSSR count). The summed E-state index contributed by atoms with van der Waals surface area (Å²) < 4.78 is 67.2. The van der Waals surface area contributed by atoms with Gasteiger partial charge in [-0.05, 0) is 24.1 Å². The van der Waals surface area contributed by atoms with E-state index in [1.807, 2.05) is 0 Å². The third-order valence-corrected chi connectivity index (χ3v) is 4.31. The molecule has 22 heavy (non-hydrogen) atoms. The first-order valence-electron chi connectivity index (χ1n) is 6.40. The van der Waals surface area contributed by atoms with Gasteiger partial charge in [-0.1, -0.05) is 42.5 Å². The van der Waals surface area contributed by atoms with Gasteiger partial charge in [0.2, 0.25) is 0 Å². The molecule has 0 N–H and O–H groups in total. The number of rotatable bonds is 5. The number of benzene rings is 2. The maximum Gasteiger partial charge on any atom is 0.417 e. The predicted molar refractivity (Wildman–Crippen MR) is 74.7 cm³/mol. The zero-order valence-electron chi connectivity index (χ0n) is 11.4. The lowest BCUT2D eigenvalue weighted by Crippen LogP contribution is -2.16. The summed E-state index contributed by atoms with van der Waals surface area (Å²) in [6, 6.07) is 12.9. The lowest BCUT2D eigenvalue weighted by Gasteiger charge is -2.13. The first-order chi connectivity index (χ1) is 10.3. The molecule has 0 unspecified atom stereocenters. The second-order valence-corrected chi connectivity index (χ2v) is 6.09. The highest BCUT2D eigenvalue weighted by atomic mass is 32.2. The molecule has 0 aliphatic rings. The Labute approximate surface area is 126 Å². The van der Waals surface area contributed by atoms with Gasteiger partial charge in [0.1, 0.15) is 4.90 Å². The fourth-order valence-corrected chi connectivity index (χ4v) is 3.02. The standard InChI is InChI=1S/C15H13F3O3S/c16-15(17,18)13-8-4-5-9-14(13)22(19,20)21-11-10-12-6-2-1-3-7-12/h1-9H,10-11H2. The number of halogens is 3. The van der Waals surface area contributed by atoms with Crippen molar-refractivity contribution in [2.24, 2.45) is 0 Å². The molecule has 2 aromatic carbocycles. The van der Waals surface area contributed by atoms with Crippen molar-refractivity contribution in [3.63, 3.8) is 0 Å². The first kappa shape index (κ1) is 16.5. The number of hydrogen-bond acceptors (Lipinski definition) is 3. The fourth-order valence-electron chi connectivity index (χ4n) is 1.90. The largest absolute Gasteiger partial charge is 0.417 e. The highest BCUT2D eigenvalue weighted by Crippen LogP contribution is 2.34. The summed E-state index contributed by atoms with van der Waals surface area (Å²) in [6.45, 7) is -0.224. The molecule has 0 bridgehead atoms. The Kier molecular flexibility index (Phi) is 4.87. The molecule has 0 aromatic heterocycles. The molecule has 0 saturated heterocycles. The molecule has 118 valence electrons. The Hall–Kier alpha value is -1.86. The lowest BCUT2D eigenvalue weighted by atomic mass is 10.2. The van der Waals surface area contributed by atoms with E-state index in [0.717, 1.165) is 17.7 Å². The van der Waals surface area contributed by atoms with Gasteiger partial charge >= 0.3 is 6.18 Å². The Morgan fingerprint density at radius 1 is 0.909 bits per heavy atom. The Bertz CT molecular complexity index is 725. The smallest absolute Gasteiger partial charge is 0.266 e. The van der Waals surface area contributed by atoms with Crippen LogP contribution in [-0.2, 0) is 26.9 Å². The summed E-state index contributed by atoms with van der Waals surface area (Å²) in [5.74, 6) is 0. The SMILES string of the molecule is O=S(=O)(OCCc1ccccc1)c1ccccc1C(F)(F)F. The van der Waals surface area contributed by atoms with Crippen molar-refractivity contribution >= 4 is 10.1 Å². The predicted octanol–water partition coefficient (Wildman–Crippen LogP) is 3.65. The molecular weight excluding hydrogens is 317 g/mol. The van der Waals surface area contributed by atoms with Crippen LogP contribution in [0.25, 0.3) is 0 Å². The van der Waals surface area contributed by atoms with Crippen molar-refractivity contribution < 1.29 is 25.8 Å². The topological polar surface area (TPSA) is 43.4 Å². The van der Waals surface area contributed by atoms with E-state index in [4.69, 9.17) is 4.18 Å². The van der Waals surface area contributed by atoms with Crippen molar-refractivity contribution in [3.05, 3.63) is 65.7 Å². The maximum absolute atomic E-state index is 12.8. The van der Waals surface area contributed by atoms with Crippen LogP contribution in [0.4, 0.5) is 13.2 Å². The van der Waals surface area contributed by atoms with Crippen LogP contribution in [-0.4, -0.2) is 15.0 Å². The van der Waals surface area contributed by atoms with Gasteiger partial charge in [-0.25, -0.2) is 0 Å². The second-order valence-electron chi connectivity index (χ2n) is 4.51. The third-order valence-electron chi connectivity index (χ3n) is 2.93. The molecule has 0 saturated carbocycles. The van der Waals surface area contributed by atoms with E-state index < -0.39 is 26.8 Å². The zero-order valence-corrected chi connectivity index (χ0v) is 12.2. The van der Waals surface area contributed by atoms with Crippen LogP contribution in [0.3, 0.4) is 0 Å². The summed E-state index contributed by atoms with van der Waals surface area (Å²) in [5.41, 5.74) is -0.392. The summed E-state index contributed by atoms with van der Waals surface area (Å²) in [7, 11) is -4.46. The van der Waals surface area contributed by atoms with Crippen LogP contribution in [0.5, 0.6) is 0 Å². The minimum atomic E-state index is -4.76. The Morgan fingerprint density at radius 3 is 2.14 bits per heavy atom. The quantitative estimate of drug-likeness (QED) is 0.786. The van der Waals surface area contributed by atoms with Crippen LogP contribution in [0.15, 0.2) is 59.5 Å². The average molecular weight is 330 g/mol. The van der Waals surface area contributed by atoms with Crippen LogP contribution >= 0.6 is 0 Å². The van der Waals surface area contributed by atoms with Gasteiger partial charge in [0.05, 0.1) is 12.2 Å². The molecule has 0 heterocycles. The second kappa shape index (κ2) is 6.50. The van der Waals surface area contributed by atoms with E-state index in [-0.39, 0.29) is 13.0 Å². The fraction of sp³-hybridized carbons (Fsp3) is 0.200. The van der Waals surface area contributed by atoms with Gasteiger partial charge in [0.25, 0.3) is 10.1 Å². The van der Waals surface area contributed by atoms with Crippen molar-refractivity contribution in [2.75, 3.05) is 6.61 Å². The van der Waals surface area contributed by atoms with E-state index in [1.165, 1.54) is 6.07 Å². The zero-order chi connectivity index (χ0) is 16.2. The van der Waals surface area contributed by atoms with Gasteiger partial charge in [-0.15, -0.1) is 0 Å². The van der Waals surface area contributed by atoms with E-state index in [9.17, 15) is 21.6 Å². The molecule has 0 aliphatic carbocycles. The van der Waals surface area contributed by atoms with Gasteiger partial charge in [-0.3, -0.25) is 4.18 Å². The van der Waals surface area contributed by atoms with Crippen molar-refractivity contribution in [1.29, 1.82) is 0 Å². The molecule has 2 aromatic rings. The van der Waals surface area contributed by atoms with E-state index in [1.54, 1.807) is 30.3 Å². The Morgan fingerprint density at radius 2 is 1.50 bits per heavy atom. The summed E-state index contributed by atoms with van der Waals surface area (Å²) in [5, 5.41) is 0. The highest BCUT2D eigenvalue weighted by Gasteiger charge is 2.37. The first-order valence-corrected chi connectivity index (χ1v) is 7.81. The van der Waals surface area contributed by atoms with Crippen LogP contribution in [0.1, 0.15) is 11.1 Å². The van der Waals surface area contributed by atoms with Crippen LogP contribution in [0.2, 0.25) is 0 Å². The average Bonchev–Trinajstić information content (AvgIpc) is 2.47. The monoisotopic (exact) mass is 330 g/mol. The van der Waals surface area contributed by atoms with Crippen LogP contribution in [0, 0.1) is 0 Å². The van der Waals surface area contributed by atoms with Gasteiger partial charge in [-0.2, -0.15) is 21.6 Å². The van der Waals surface area contributed by atoms with Gasteiger partial charge in [0, 0.05) is 0 Å². The van der Waals surface area contributed by atoms with Crippen molar-refractivity contribution in [3.8, 4) is 0 Å². The summed E-state index contributed by atoms with van der Waals surface area (Å²) >= 11 is 0. The van der Waals surface area contributed by atoms with Crippen molar-refractivity contribution in [1.82, 2.24) is 0 Å². The minimum absolute atomic E-state index is 0.224. The van der Waals surface area contributed by atoms with Gasteiger partial charge in [0.15, 0.2) is 0 Å². The summed E-state index contributed by atoms with van der Waals surface area (Å²) in [6.07, 6.45) is -4.47. The molecule has 3 nitrogen and oxygen atoms in total. The molecule has 7 heteroatoms. The summed E-state index contributed by atoms with van der Waals surface area (Å²) in [4.78, 5) is -0.865. The molecule has 0 amide bonds. The molecule has 0 atom stereocenters. The highest BCUT2D eigenvalue weighted by molar-refractivity contribution is 7.86. The van der Waals surface area contributed by atoms with E-state index in [0.29, 0.717) is 6.07 Å². The van der Waals surface area contributed by atoms with E-state index >= 15 is 0 Å². The lowest BCUT2D eigenvalue weighted by molar-refractivity contribution is -0.140. The number of hydrogen-bond donors (Lipinski definition) is 0. The number of alkyl halides is 3. The molecule has 0 aliphatic heterocycles. The molecule has 0 radical (unpaired) electrons. The van der Waals surface area contributed by atoms with Crippen molar-refractivity contribution in [2.45, 2.75) is 17.5 Å². The van der Waals surface area contributed by atoms with Gasteiger partial charge < -0.3 is 0 Å².